The fourth-order valence-corrected chi connectivity index (χ4v) is 7.17. The maximum absolute atomic E-state index is 13.7. The first kappa shape index (κ1) is 38.1. The number of nitrogens with zero attached hydrogens (tertiary/aromatic N) is 2. The van der Waals surface area contributed by atoms with Crippen LogP contribution in [0.3, 0.4) is 0 Å². The summed E-state index contributed by atoms with van der Waals surface area (Å²) in [5.41, 5.74) is 3.15. The lowest BCUT2D eigenvalue weighted by atomic mass is 9.96. The first-order valence-corrected chi connectivity index (χ1v) is 18.8. The smallest absolute Gasteiger partial charge is 0.305 e. The van der Waals surface area contributed by atoms with Crippen molar-refractivity contribution in [2.45, 2.75) is 120 Å². The fourth-order valence-electron chi connectivity index (χ4n) is 6.04. The molecule has 2 atom stereocenters. The number of methoxy groups -OCH3 is 1. The number of benzene rings is 2. The molecule has 2 aromatic rings. The van der Waals surface area contributed by atoms with E-state index in [0.29, 0.717) is 19.5 Å². The number of rotatable bonds is 24. The highest BCUT2D eigenvalue weighted by Gasteiger charge is 2.33. The Morgan fingerprint density at radius 1 is 0.809 bits per heavy atom. The van der Waals surface area contributed by atoms with Gasteiger partial charge in [0.05, 0.1) is 30.8 Å². The van der Waals surface area contributed by atoms with Gasteiger partial charge in [-0.15, -0.1) is 0 Å². The molecule has 8 heteroatoms. The molecule has 0 saturated heterocycles. The Morgan fingerprint density at radius 3 is 2.00 bits per heavy atom. The van der Waals surface area contributed by atoms with E-state index in [1.807, 2.05) is 6.08 Å². The molecule has 0 N–H and O–H groups in total. The van der Waals surface area contributed by atoms with Crippen molar-refractivity contribution < 1.29 is 22.1 Å². The van der Waals surface area contributed by atoms with Crippen LogP contribution in [0.15, 0.2) is 79.0 Å². The third kappa shape index (κ3) is 13.3. The summed E-state index contributed by atoms with van der Waals surface area (Å²) in [4.78, 5) is 16.2. The number of esters is 1. The molecular weight excluding hydrogens is 609 g/mol. The van der Waals surface area contributed by atoms with E-state index in [9.17, 15) is 13.2 Å². The van der Waals surface area contributed by atoms with Crippen LogP contribution in [0.25, 0.3) is 12.2 Å². The number of hydrogen-bond donors (Lipinski definition) is 0. The van der Waals surface area contributed by atoms with Crippen LogP contribution in [-0.2, 0) is 30.4 Å². The quantitative estimate of drug-likeness (QED) is 0.0629. The molecule has 0 amide bonds. The molecule has 3 rings (SSSR count). The molecule has 2 aromatic carbocycles. The van der Waals surface area contributed by atoms with Gasteiger partial charge in [-0.3, -0.25) is 8.98 Å². The summed E-state index contributed by atoms with van der Waals surface area (Å²) in [6, 6.07) is 15.0. The molecule has 258 valence electrons. The van der Waals surface area contributed by atoms with Crippen molar-refractivity contribution in [1.82, 2.24) is 9.80 Å². The normalized spacial score (nSPS) is 14.3. The average molecular weight is 665 g/mol. The summed E-state index contributed by atoms with van der Waals surface area (Å²) in [7, 11) is -2.56. The number of ether oxygens (including phenoxy) is 1. The van der Waals surface area contributed by atoms with Crippen LogP contribution in [0.4, 0.5) is 0 Å². The third-order valence-corrected chi connectivity index (χ3v) is 10.2. The number of hydrogen-bond acceptors (Lipinski definition) is 7. The summed E-state index contributed by atoms with van der Waals surface area (Å²) in [5.74, 6) is -0.165. The van der Waals surface area contributed by atoms with E-state index in [-0.39, 0.29) is 16.9 Å². The lowest BCUT2D eigenvalue weighted by molar-refractivity contribution is -0.140. The predicted octanol–water partition coefficient (Wildman–Crippen LogP) is 9.32. The van der Waals surface area contributed by atoms with Gasteiger partial charge in [0.25, 0.3) is 10.1 Å². The SMILES string of the molecule is C=Cc1ccc(CN2C=CN(C(CCCCCCCC(=O)OC)C(CCCCCCCC)OS(=O)(=O)c3ccc(C=C)cc3)C2)cc1. The summed E-state index contributed by atoms with van der Waals surface area (Å²) >= 11 is 0. The van der Waals surface area contributed by atoms with Crippen molar-refractivity contribution in [1.29, 1.82) is 0 Å². The minimum Gasteiger partial charge on any atom is -0.469 e. The Bertz CT molecular complexity index is 1350. The molecule has 0 aromatic heterocycles. The van der Waals surface area contributed by atoms with Crippen LogP contribution in [0.2, 0.25) is 0 Å². The second-order valence-electron chi connectivity index (χ2n) is 12.5. The van der Waals surface area contributed by atoms with Crippen molar-refractivity contribution in [3.63, 3.8) is 0 Å². The minimum absolute atomic E-state index is 0.104. The van der Waals surface area contributed by atoms with E-state index in [0.717, 1.165) is 75.5 Å². The third-order valence-electron chi connectivity index (χ3n) is 8.88. The highest BCUT2D eigenvalue weighted by molar-refractivity contribution is 7.86. The topological polar surface area (TPSA) is 76.2 Å². The Morgan fingerprint density at radius 2 is 1.38 bits per heavy atom. The highest BCUT2D eigenvalue weighted by Crippen LogP contribution is 2.28. The zero-order chi connectivity index (χ0) is 33.9. The van der Waals surface area contributed by atoms with Crippen LogP contribution in [0.5, 0.6) is 0 Å². The Labute approximate surface area is 284 Å². The molecule has 1 aliphatic rings. The first-order valence-electron chi connectivity index (χ1n) is 17.4. The summed E-state index contributed by atoms with van der Waals surface area (Å²) in [5, 5.41) is 0. The lowest BCUT2D eigenvalue weighted by Crippen LogP contribution is -2.44. The van der Waals surface area contributed by atoms with Crippen molar-refractivity contribution in [2.24, 2.45) is 0 Å². The molecule has 0 aliphatic carbocycles. The van der Waals surface area contributed by atoms with Crippen molar-refractivity contribution >= 4 is 28.2 Å². The van der Waals surface area contributed by atoms with Gasteiger partial charge in [-0.25, -0.2) is 0 Å². The molecular formula is C39H56N2O5S. The second-order valence-corrected chi connectivity index (χ2v) is 14.1. The fraction of sp³-hybridized carbons (Fsp3) is 0.513. The van der Waals surface area contributed by atoms with Crippen LogP contribution in [0.1, 0.15) is 114 Å². The highest BCUT2D eigenvalue weighted by atomic mass is 32.2. The molecule has 0 fully saturated rings. The van der Waals surface area contributed by atoms with Crippen LogP contribution in [0, 0.1) is 0 Å². The zero-order valence-corrected chi connectivity index (χ0v) is 29.5. The molecule has 2 unspecified atom stereocenters. The Kier molecular flexibility index (Phi) is 16.8. The van der Waals surface area contributed by atoms with Gasteiger partial charge in [-0.2, -0.15) is 8.42 Å². The molecule has 7 nitrogen and oxygen atoms in total. The molecule has 0 radical (unpaired) electrons. The number of carbonyl (C=O) groups excluding carboxylic acids is 1. The molecule has 1 heterocycles. The molecule has 0 saturated carbocycles. The van der Waals surface area contributed by atoms with E-state index in [1.54, 1.807) is 30.3 Å². The second kappa shape index (κ2) is 20.8. The van der Waals surface area contributed by atoms with Gasteiger partial charge < -0.3 is 14.5 Å². The minimum atomic E-state index is -3.98. The van der Waals surface area contributed by atoms with Gasteiger partial charge in [-0.1, -0.05) is 133 Å². The van der Waals surface area contributed by atoms with Gasteiger partial charge >= 0.3 is 5.97 Å². The van der Waals surface area contributed by atoms with Gasteiger partial charge in [-0.05, 0) is 48.1 Å². The van der Waals surface area contributed by atoms with Crippen LogP contribution in [-0.4, -0.2) is 50.1 Å². The molecule has 1 aliphatic heterocycles. The number of unbranched alkanes of at least 4 members (excludes halogenated alkanes) is 9. The van der Waals surface area contributed by atoms with E-state index in [4.69, 9.17) is 8.92 Å². The van der Waals surface area contributed by atoms with E-state index in [1.165, 1.54) is 31.9 Å². The summed E-state index contributed by atoms with van der Waals surface area (Å²) in [6.45, 7) is 11.3. The van der Waals surface area contributed by atoms with Crippen molar-refractivity contribution in [2.75, 3.05) is 13.8 Å². The molecule has 0 spiro atoms. The van der Waals surface area contributed by atoms with Crippen molar-refractivity contribution in [3.8, 4) is 0 Å². The van der Waals surface area contributed by atoms with Gasteiger partial charge in [0.15, 0.2) is 0 Å². The number of carbonyl (C=O) groups is 1. The largest absolute Gasteiger partial charge is 0.469 e. The summed E-state index contributed by atoms with van der Waals surface area (Å²) in [6.07, 6.45) is 20.7. The van der Waals surface area contributed by atoms with Crippen LogP contribution >= 0.6 is 0 Å². The van der Waals surface area contributed by atoms with Crippen molar-refractivity contribution in [3.05, 3.63) is 90.8 Å². The summed E-state index contributed by atoms with van der Waals surface area (Å²) < 4.78 is 38.3. The van der Waals surface area contributed by atoms with E-state index in [2.05, 4.69) is 66.5 Å². The lowest BCUT2D eigenvalue weighted by Gasteiger charge is -2.35. The van der Waals surface area contributed by atoms with Gasteiger partial charge in [0.2, 0.25) is 0 Å². The standard InChI is InChI=1S/C39H56N2O5S/c1-5-8-9-10-13-16-19-38(46-47(43,44)36-27-25-34(7-3)26-28-36)37(18-15-12-11-14-17-20-39(42)45-4)41-30-29-40(32-41)31-35-23-21-33(6-2)22-24-35/h6-7,21-30,37-38H,2-3,5,8-20,31-32H2,1,4H3. The first-order chi connectivity index (χ1) is 22.8. The maximum atomic E-state index is 13.7. The monoisotopic (exact) mass is 664 g/mol. The Balaban J connectivity index is 1.76. The predicted molar refractivity (Wildman–Crippen MR) is 193 cm³/mol. The molecule has 47 heavy (non-hydrogen) atoms. The van der Waals surface area contributed by atoms with Gasteiger partial charge in [0.1, 0.15) is 0 Å². The Hall–Kier alpha value is -3.36. The zero-order valence-electron chi connectivity index (χ0n) is 28.7. The molecule has 0 bridgehead atoms. The van der Waals surface area contributed by atoms with Crippen LogP contribution < -0.4 is 0 Å². The van der Waals surface area contributed by atoms with Gasteiger partial charge in [0, 0.05) is 25.4 Å². The maximum Gasteiger partial charge on any atom is 0.305 e. The van der Waals surface area contributed by atoms with E-state index < -0.39 is 16.2 Å². The average Bonchev–Trinajstić information content (AvgIpc) is 3.55. The van der Waals surface area contributed by atoms with E-state index >= 15 is 0 Å².